The van der Waals surface area contributed by atoms with E-state index >= 15 is 0 Å². The van der Waals surface area contributed by atoms with Gasteiger partial charge in [-0.15, -0.1) is 0 Å². The summed E-state index contributed by atoms with van der Waals surface area (Å²) in [7, 11) is -3.60. The zero-order valence-electron chi connectivity index (χ0n) is 13.7. The molecule has 0 bridgehead atoms. The summed E-state index contributed by atoms with van der Waals surface area (Å²) in [5.74, 6) is 0.0793. The monoisotopic (exact) mass is 426 g/mol. The second kappa shape index (κ2) is 8.98. The van der Waals surface area contributed by atoms with E-state index in [0.717, 1.165) is 4.47 Å². The predicted molar refractivity (Wildman–Crippen MR) is 101 cm³/mol. The van der Waals surface area contributed by atoms with E-state index in [1.165, 1.54) is 0 Å². The van der Waals surface area contributed by atoms with Crippen molar-refractivity contribution in [3.8, 4) is 5.75 Å². The summed E-state index contributed by atoms with van der Waals surface area (Å²) in [4.78, 5) is 11.9. The van der Waals surface area contributed by atoms with Crippen LogP contribution in [0.25, 0.3) is 0 Å². The van der Waals surface area contributed by atoms with E-state index in [0.29, 0.717) is 23.6 Å². The summed E-state index contributed by atoms with van der Waals surface area (Å²) in [5, 5.41) is 2.63. The highest BCUT2D eigenvalue weighted by molar-refractivity contribution is 9.10. The van der Waals surface area contributed by atoms with Gasteiger partial charge in [0.25, 0.3) is 0 Å². The molecule has 0 aliphatic rings. The van der Waals surface area contributed by atoms with E-state index in [-0.39, 0.29) is 12.3 Å². The maximum absolute atomic E-state index is 12.0. The summed E-state index contributed by atoms with van der Waals surface area (Å²) in [6.45, 7) is 2.12. The van der Waals surface area contributed by atoms with Crippen molar-refractivity contribution < 1.29 is 17.9 Å². The lowest BCUT2D eigenvalue weighted by atomic mass is 10.2. The lowest BCUT2D eigenvalue weighted by molar-refractivity contribution is -0.115. The Bertz CT molecular complexity index is 806. The summed E-state index contributed by atoms with van der Waals surface area (Å²) < 4.78 is 32.6. The molecule has 0 aromatic heterocycles. The smallest absolute Gasteiger partial charge is 0.239 e. The number of carbonyl (C=O) groups excluding carboxylic acids is 1. The third-order valence-electron chi connectivity index (χ3n) is 3.17. The fraction of sp³-hybridized carbons (Fsp3) is 0.235. The number of amides is 1. The van der Waals surface area contributed by atoms with E-state index in [4.69, 9.17) is 4.74 Å². The predicted octanol–water partition coefficient (Wildman–Crippen LogP) is 2.91. The number of benzene rings is 2. The average molecular weight is 427 g/mol. The van der Waals surface area contributed by atoms with Gasteiger partial charge in [-0.05, 0) is 48.9 Å². The molecule has 0 saturated carbocycles. The molecule has 2 aromatic rings. The van der Waals surface area contributed by atoms with Gasteiger partial charge in [-0.1, -0.05) is 28.1 Å². The minimum Gasteiger partial charge on any atom is -0.494 e. The highest BCUT2D eigenvalue weighted by Crippen LogP contribution is 2.15. The number of rotatable bonds is 8. The maximum atomic E-state index is 12.0. The minimum atomic E-state index is -3.60. The van der Waals surface area contributed by atoms with Gasteiger partial charge in [-0.25, -0.2) is 13.1 Å². The Kier molecular flexibility index (Phi) is 6.98. The van der Waals surface area contributed by atoms with Crippen molar-refractivity contribution in [3.63, 3.8) is 0 Å². The Hall–Kier alpha value is -1.90. The van der Waals surface area contributed by atoms with Gasteiger partial charge in [0.05, 0.1) is 18.9 Å². The molecule has 0 aliphatic carbocycles. The Balaban J connectivity index is 1.84. The third-order valence-corrected chi connectivity index (χ3v) is 5.00. The SMILES string of the molecule is CCOc1ccc(NC(=O)CNS(=O)(=O)Cc2ccc(Br)cc2)cc1. The molecule has 0 spiro atoms. The molecular weight excluding hydrogens is 408 g/mol. The van der Waals surface area contributed by atoms with Crippen molar-refractivity contribution in [2.75, 3.05) is 18.5 Å². The topological polar surface area (TPSA) is 84.5 Å². The zero-order chi connectivity index (χ0) is 18.3. The lowest BCUT2D eigenvalue weighted by Crippen LogP contribution is -2.33. The normalized spacial score (nSPS) is 11.1. The van der Waals surface area contributed by atoms with Gasteiger partial charge in [-0.2, -0.15) is 0 Å². The first-order chi connectivity index (χ1) is 11.9. The molecule has 0 heterocycles. The molecule has 0 aliphatic heterocycles. The van der Waals surface area contributed by atoms with Crippen LogP contribution in [-0.4, -0.2) is 27.5 Å². The molecule has 2 aromatic carbocycles. The molecule has 134 valence electrons. The first-order valence-electron chi connectivity index (χ1n) is 7.62. The first kappa shape index (κ1) is 19.4. The van der Waals surface area contributed by atoms with Gasteiger partial charge in [0.2, 0.25) is 15.9 Å². The second-order valence-electron chi connectivity index (χ2n) is 5.21. The summed E-state index contributed by atoms with van der Waals surface area (Å²) in [6.07, 6.45) is 0. The number of halogens is 1. The highest BCUT2D eigenvalue weighted by Gasteiger charge is 2.13. The van der Waals surface area contributed by atoms with Crippen LogP contribution in [-0.2, 0) is 20.6 Å². The lowest BCUT2D eigenvalue weighted by Gasteiger charge is -2.09. The molecule has 25 heavy (non-hydrogen) atoms. The van der Waals surface area contributed by atoms with E-state index in [9.17, 15) is 13.2 Å². The van der Waals surface area contributed by atoms with Crippen molar-refractivity contribution in [2.24, 2.45) is 0 Å². The standard InChI is InChI=1S/C17H19BrN2O4S/c1-2-24-16-9-7-15(8-10-16)20-17(21)11-19-25(22,23)12-13-3-5-14(18)6-4-13/h3-10,19H,2,11-12H2,1H3,(H,20,21). The van der Waals surface area contributed by atoms with Crippen LogP contribution in [0.5, 0.6) is 5.75 Å². The fourth-order valence-electron chi connectivity index (χ4n) is 2.03. The van der Waals surface area contributed by atoms with Gasteiger partial charge < -0.3 is 10.1 Å². The number of nitrogens with one attached hydrogen (secondary N) is 2. The molecule has 0 fully saturated rings. The quantitative estimate of drug-likeness (QED) is 0.679. The Labute approximate surface area is 155 Å². The van der Waals surface area contributed by atoms with Crippen LogP contribution in [0.3, 0.4) is 0 Å². The summed E-state index contributed by atoms with van der Waals surface area (Å²) in [5.41, 5.74) is 1.21. The van der Waals surface area contributed by atoms with E-state index in [1.54, 1.807) is 48.5 Å². The fourth-order valence-corrected chi connectivity index (χ4v) is 3.38. The van der Waals surface area contributed by atoms with Gasteiger partial charge in [-0.3, -0.25) is 4.79 Å². The molecule has 2 rings (SSSR count). The van der Waals surface area contributed by atoms with Gasteiger partial charge in [0, 0.05) is 10.2 Å². The number of hydrogen-bond acceptors (Lipinski definition) is 4. The molecular formula is C17H19BrN2O4S. The van der Waals surface area contributed by atoms with E-state index < -0.39 is 15.9 Å². The third kappa shape index (κ3) is 6.85. The van der Waals surface area contributed by atoms with E-state index in [1.807, 2.05) is 6.92 Å². The number of sulfonamides is 1. The molecule has 1 amide bonds. The number of ether oxygens (including phenoxy) is 1. The highest BCUT2D eigenvalue weighted by atomic mass is 79.9. The summed E-state index contributed by atoms with van der Waals surface area (Å²) in [6, 6.07) is 13.8. The van der Waals surface area contributed by atoms with Crippen LogP contribution in [0.4, 0.5) is 5.69 Å². The van der Waals surface area contributed by atoms with Gasteiger partial charge >= 0.3 is 0 Å². The van der Waals surface area contributed by atoms with Gasteiger partial charge in [0.15, 0.2) is 0 Å². The first-order valence-corrected chi connectivity index (χ1v) is 10.1. The van der Waals surface area contributed by atoms with Crippen molar-refractivity contribution in [1.82, 2.24) is 4.72 Å². The van der Waals surface area contributed by atoms with Crippen LogP contribution >= 0.6 is 15.9 Å². The van der Waals surface area contributed by atoms with Crippen LogP contribution < -0.4 is 14.8 Å². The molecule has 6 nitrogen and oxygen atoms in total. The maximum Gasteiger partial charge on any atom is 0.239 e. The second-order valence-corrected chi connectivity index (χ2v) is 7.93. The molecule has 0 atom stereocenters. The Morgan fingerprint density at radius 2 is 1.72 bits per heavy atom. The van der Waals surface area contributed by atoms with Crippen molar-refractivity contribution in [2.45, 2.75) is 12.7 Å². The van der Waals surface area contributed by atoms with Crippen LogP contribution in [0.1, 0.15) is 12.5 Å². The number of hydrogen-bond donors (Lipinski definition) is 2. The molecule has 2 N–H and O–H groups in total. The van der Waals surface area contributed by atoms with E-state index in [2.05, 4.69) is 26.0 Å². The molecule has 0 unspecified atom stereocenters. The Morgan fingerprint density at radius 3 is 2.32 bits per heavy atom. The molecule has 0 saturated heterocycles. The largest absolute Gasteiger partial charge is 0.494 e. The minimum absolute atomic E-state index is 0.184. The molecule has 0 radical (unpaired) electrons. The van der Waals surface area contributed by atoms with Gasteiger partial charge in [0.1, 0.15) is 5.75 Å². The average Bonchev–Trinajstić information content (AvgIpc) is 2.57. The number of anilines is 1. The van der Waals surface area contributed by atoms with Crippen LogP contribution in [0, 0.1) is 0 Å². The van der Waals surface area contributed by atoms with Crippen LogP contribution in [0.15, 0.2) is 53.0 Å². The van der Waals surface area contributed by atoms with Crippen molar-refractivity contribution >= 4 is 37.5 Å². The Morgan fingerprint density at radius 1 is 1.08 bits per heavy atom. The number of carbonyl (C=O) groups is 1. The van der Waals surface area contributed by atoms with Crippen molar-refractivity contribution in [1.29, 1.82) is 0 Å². The summed E-state index contributed by atoms with van der Waals surface area (Å²) >= 11 is 3.29. The van der Waals surface area contributed by atoms with Crippen LogP contribution in [0.2, 0.25) is 0 Å². The zero-order valence-corrected chi connectivity index (χ0v) is 16.1. The molecule has 8 heteroatoms. The van der Waals surface area contributed by atoms with Crippen molar-refractivity contribution in [3.05, 3.63) is 58.6 Å².